The average Bonchev–Trinajstić information content (AvgIpc) is 3.28. The lowest BCUT2D eigenvalue weighted by Gasteiger charge is -2.24. The van der Waals surface area contributed by atoms with Crippen molar-refractivity contribution in [1.82, 2.24) is 9.99 Å². The Balaban J connectivity index is 1.75. The van der Waals surface area contributed by atoms with Gasteiger partial charge in [-0.15, -0.1) is 0 Å². The van der Waals surface area contributed by atoms with Crippen molar-refractivity contribution in [2.45, 2.75) is 40.2 Å². The maximum atomic E-state index is 13.3. The highest BCUT2D eigenvalue weighted by Gasteiger charge is 2.36. The van der Waals surface area contributed by atoms with Gasteiger partial charge in [-0.25, -0.2) is 5.01 Å². The van der Waals surface area contributed by atoms with Crippen molar-refractivity contribution in [2.75, 3.05) is 0 Å². The molecule has 1 amide bonds. The molecule has 0 unspecified atom stereocenters. The van der Waals surface area contributed by atoms with Crippen LogP contribution in [-0.4, -0.2) is 21.6 Å². The summed E-state index contributed by atoms with van der Waals surface area (Å²) < 4.78 is 0. The second-order valence-corrected chi connectivity index (χ2v) is 9.87. The molecule has 0 N–H and O–H groups in total. The zero-order chi connectivity index (χ0) is 24.7. The molecule has 1 aliphatic rings. The van der Waals surface area contributed by atoms with E-state index in [0.29, 0.717) is 11.4 Å². The standard InChI is InChI=1S/C30H28ClN3O/c1-18(2)30(35)34-27(23-13-9-8-10-19(23)3)17-26(33-34)28-20(4)32-25-15-14-22(31)16-24(25)29(28)21-11-6-5-7-12-21/h5-16,18,27H,17H2,1-4H3/t27-/m0/s1. The Bertz CT molecular complexity index is 1460. The van der Waals surface area contributed by atoms with E-state index >= 15 is 0 Å². The first-order valence-corrected chi connectivity index (χ1v) is 12.3. The molecule has 3 aromatic carbocycles. The normalized spacial score (nSPS) is 15.7. The Hall–Kier alpha value is -3.50. The summed E-state index contributed by atoms with van der Waals surface area (Å²) in [5.74, 6) is -0.142. The Morgan fingerprint density at radius 3 is 2.40 bits per heavy atom. The van der Waals surface area contributed by atoms with Crippen LogP contribution in [0.2, 0.25) is 5.02 Å². The van der Waals surface area contributed by atoms with E-state index in [2.05, 4.69) is 31.2 Å². The highest BCUT2D eigenvalue weighted by atomic mass is 35.5. The molecule has 0 saturated carbocycles. The van der Waals surface area contributed by atoms with Gasteiger partial charge in [0.2, 0.25) is 5.91 Å². The van der Waals surface area contributed by atoms with Gasteiger partial charge in [0.25, 0.3) is 0 Å². The number of halogens is 1. The second kappa shape index (κ2) is 9.27. The predicted octanol–water partition coefficient (Wildman–Crippen LogP) is 7.51. The molecule has 5 heteroatoms. The summed E-state index contributed by atoms with van der Waals surface area (Å²) in [7, 11) is 0. The number of rotatable bonds is 4. The molecular weight excluding hydrogens is 454 g/mol. The molecular formula is C30H28ClN3O. The van der Waals surface area contributed by atoms with E-state index in [0.717, 1.165) is 50.1 Å². The number of aryl methyl sites for hydroxylation is 2. The summed E-state index contributed by atoms with van der Waals surface area (Å²) in [4.78, 5) is 18.2. The Morgan fingerprint density at radius 2 is 1.69 bits per heavy atom. The van der Waals surface area contributed by atoms with Crippen molar-refractivity contribution in [2.24, 2.45) is 11.0 Å². The number of fused-ring (bicyclic) bond motifs is 1. The van der Waals surface area contributed by atoms with Gasteiger partial charge in [-0.1, -0.05) is 80.0 Å². The minimum atomic E-state index is -0.159. The van der Waals surface area contributed by atoms with Crippen molar-refractivity contribution < 1.29 is 4.79 Å². The largest absolute Gasteiger partial charge is 0.273 e. The number of nitrogens with zero attached hydrogens (tertiary/aromatic N) is 3. The zero-order valence-corrected chi connectivity index (χ0v) is 21.2. The predicted molar refractivity (Wildman–Crippen MR) is 144 cm³/mol. The Kier molecular flexibility index (Phi) is 6.16. The Labute approximate surface area is 211 Å². The number of amides is 1. The third-order valence-electron chi connectivity index (χ3n) is 6.66. The van der Waals surface area contributed by atoms with Crippen molar-refractivity contribution in [3.8, 4) is 11.1 Å². The van der Waals surface area contributed by atoms with Gasteiger partial charge >= 0.3 is 0 Å². The lowest BCUT2D eigenvalue weighted by atomic mass is 9.88. The number of aromatic nitrogens is 1. The van der Waals surface area contributed by atoms with E-state index in [1.165, 1.54) is 0 Å². The third-order valence-corrected chi connectivity index (χ3v) is 6.89. The van der Waals surface area contributed by atoms with Crippen LogP contribution in [0, 0.1) is 19.8 Å². The molecule has 0 aliphatic carbocycles. The molecule has 0 radical (unpaired) electrons. The number of carbonyl (C=O) groups is 1. The summed E-state index contributed by atoms with van der Waals surface area (Å²) in [6.45, 7) is 7.95. The summed E-state index contributed by atoms with van der Waals surface area (Å²) in [5.41, 5.74) is 8.02. The quantitative estimate of drug-likeness (QED) is 0.303. The van der Waals surface area contributed by atoms with E-state index in [4.69, 9.17) is 21.7 Å². The first-order valence-electron chi connectivity index (χ1n) is 12.0. The van der Waals surface area contributed by atoms with E-state index < -0.39 is 0 Å². The van der Waals surface area contributed by atoms with Crippen LogP contribution in [0.25, 0.3) is 22.0 Å². The van der Waals surface area contributed by atoms with Gasteiger partial charge in [0.05, 0.1) is 17.3 Å². The molecule has 0 fully saturated rings. The van der Waals surface area contributed by atoms with Crippen LogP contribution in [-0.2, 0) is 4.79 Å². The maximum Gasteiger partial charge on any atom is 0.245 e. The first kappa shape index (κ1) is 23.3. The van der Waals surface area contributed by atoms with Crippen molar-refractivity contribution in [3.05, 3.63) is 100 Å². The van der Waals surface area contributed by atoms with Gasteiger partial charge in [0.1, 0.15) is 0 Å². The molecule has 0 saturated heterocycles. The SMILES string of the molecule is Cc1ccccc1[C@@H]1CC(c2c(C)nc3ccc(Cl)cc3c2-c2ccccc2)=NN1C(=O)C(C)C. The highest BCUT2D eigenvalue weighted by Crippen LogP contribution is 2.40. The van der Waals surface area contributed by atoms with E-state index in [1.54, 1.807) is 5.01 Å². The van der Waals surface area contributed by atoms with Gasteiger partial charge in [-0.05, 0) is 48.7 Å². The first-order chi connectivity index (χ1) is 16.8. The topological polar surface area (TPSA) is 45.6 Å². The zero-order valence-electron chi connectivity index (χ0n) is 20.4. The van der Waals surface area contributed by atoms with E-state index in [9.17, 15) is 4.79 Å². The summed E-state index contributed by atoms with van der Waals surface area (Å²) >= 11 is 6.44. The van der Waals surface area contributed by atoms with Gasteiger partial charge in [-0.3, -0.25) is 9.78 Å². The molecule has 0 spiro atoms. The van der Waals surface area contributed by atoms with Crippen LogP contribution in [0.15, 0.2) is 77.9 Å². The number of hydrazone groups is 1. The number of carbonyl (C=O) groups excluding carboxylic acids is 1. The molecule has 4 nitrogen and oxygen atoms in total. The minimum Gasteiger partial charge on any atom is -0.273 e. The summed E-state index contributed by atoms with van der Waals surface area (Å²) in [6.07, 6.45) is 0.623. The van der Waals surface area contributed by atoms with Gasteiger partial charge < -0.3 is 0 Å². The van der Waals surface area contributed by atoms with E-state index in [-0.39, 0.29) is 17.9 Å². The van der Waals surface area contributed by atoms with Crippen molar-refractivity contribution in [1.29, 1.82) is 0 Å². The molecule has 1 atom stereocenters. The highest BCUT2D eigenvalue weighted by molar-refractivity contribution is 6.31. The van der Waals surface area contributed by atoms with Crippen LogP contribution in [0.4, 0.5) is 0 Å². The number of benzene rings is 3. The molecule has 5 rings (SSSR count). The fraction of sp³-hybridized carbons (Fsp3) is 0.233. The molecule has 35 heavy (non-hydrogen) atoms. The second-order valence-electron chi connectivity index (χ2n) is 9.44. The monoisotopic (exact) mass is 481 g/mol. The van der Waals surface area contributed by atoms with Crippen LogP contribution >= 0.6 is 11.6 Å². The van der Waals surface area contributed by atoms with Crippen molar-refractivity contribution in [3.63, 3.8) is 0 Å². The minimum absolute atomic E-state index is 0.0176. The average molecular weight is 482 g/mol. The fourth-order valence-corrected chi connectivity index (χ4v) is 5.12. The molecule has 0 bridgehead atoms. The van der Waals surface area contributed by atoms with Gasteiger partial charge in [0, 0.05) is 39.6 Å². The fourth-order valence-electron chi connectivity index (χ4n) is 4.95. The molecule has 4 aromatic rings. The van der Waals surface area contributed by atoms with Crippen molar-refractivity contribution >= 4 is 34.1 Å². The van der Waals surface area contributed by atoms with Gasteiger partial charge in [-0.2, -0.15) is 5.10 Å². The van der Waals surface area contributed by atoms with E-state index in [1.807, 2.05) is 69.3 Å². The molecule has 1 aliphatic heterocycles. The summed E-state index contributed by atoms with van der Waals surface area (Å²) in [5, 5.41) is 8.32. The third kappa shape index (κ3) is 4.23. The Morgan fingerprint density at radius 1 is 0.971 bits per heavy atom. The lowest BCUT2D eigenvalue weighted by Crippen LogP contribution is -2.30. The smallest absolute Gasteiger partial charge is 0.245 e. The number of hydrogen-bond donors (Lipinski definition) is 0. The van der Waals surface area contributed by atoms with Gasteiger partial charge in [0.15, 0.2) is 0 Å². The lowest BCUT2D eigenvalue weighted by molar-refractivity contribution is -0.136. The van der Waals surface area contributed by atoms with Crippen LogP contribution < -0.4 is 0 Å². The molecule has 2 heterocycles. The van der Waals surface area contributed by atoms with Crippen LogP contribution in [0.3, 0.4) is 0 Å². The molecule has 176 valence electrons. The van der Waals surface area contributed by atoms with Crippen LogP contribution in [0.1, 0.15) is 48.7 Å². The number of pyridine rings is 1. The molecule has 1 aromatic heterocycles. The maximum absolute atomic E-state index is 13.3. The van der Waals surface area contributed by atoms with Crippen LogP contribution in [0.5, 0.6) is 0 Å². The summed E-state index contributed by atoms with van der Waals surface area (Å²) in [6, 6.07) is 24.2. The number of hydrogen-bond acceptors (Lipinski definition) is 3.